The van der Waals surface area contributed by atoms with E-state index in [0.717, 1.165) is 24.3 Å². The van der Waals surface area contributed by atoms with E-state index in [2.05, 4.69) is 34.1 Å². The molecule has 0 aliphatic heterocycles. The van der Waals surface area contributed by atoms with Crippen LogP contribution in [0.1, 0.15) is 31.2 Å². The molecule has 0 radical (unpaired) electrons. The van der Waals surface area contributed by atoms with Gasteiger partial charge in [-0.3, -0.25) is 0 Å². The van der Waals surface area contributed by atoms with Crippen molar-refractivity contribution in [2.75, 3.05) is 21.3 Å². The quantitative estimate of drug-likeness (QED) is 0.577. The summed E-state index contributed by atoms with van der Waals surface area (Å²) >= 11 is 3.88. The first-order valence-electron chi connectivity index (χ1n) is 7.25. The maximum Gasteiger partial charge on any atom is 0.161 e. The van der Waals surface area contributed by atoms with Crippen molar-refractivity contribution in [1.82, 2.24) is 0 Å². The second kappa shape index (κ2) is 7.21. The van der Waals surface area contributed by atoms with Crippen LogP contribution in [-0.4, -0.2) is 26.2 Å². The van der Waals surface area contributed by atoms with E-state index in [1.807, 2.05) is 6.07 Å². The first-order valence-corrected chi connectivity index (χ1v) is 8.16. The van der Waals surface area contributed by atoms with E-state index in [1.54, 1.807) is 27.6 Å². The van der Waals surface area contributed by atoms with Crippen molar-refractivity contribution in [3.63, 3.8) is 0 Å². The van der Waals surface area contributed by atoms with E-state index in [4.69, 9.17) is 14.2 Å². The van der Waals surface area contributed by atoms with Gasteiger partial charge in [0.1, 0.15) is 0 Å². The van der Waals surface area contributed by atoms with Crippen molar-refractivity contribution in [2.24, 2.45) is 0 Å². The van der Waals surface area contributed by atoms with Crippen LogP contribution in [-0.2, 0) is 10.2 Å². The van der Waals surface area contributed by atoms with Crippen LogP contribution in [0.15, 0.2) is 30.5 Å². The highest BCUT2D eigenvalue weighted by molar-refractivity contribution is 9.09. The molecule has 0 N–H and O–H groups in total. The minimum atomic E-state index is -0.0617. The lowest BCUT2D eigenvalue weighted by atomic mass is 9.69. The van der Waals surface area contributed by atoms with Crippen LogP contribution < -0.4 is 9.47 Å². The highest BCUT2D eigenvalue weighted by Gasteiger charge is 2.39. The molecule has 0 saturated heterocycles. The number of rotatable bonds is 5. The van der Waals surface area contributed by atoms with Crippen molar-refractivity contribution in [3.8, 4) is 11.5 Å². The molecule has 1 aliphatic carbocycles. The standard InChI is InChI=1S/C17H23BrO3/c1-19-11-10-17(9-5-4-6-16(17)18)13-7-8-14(20-2)15(12-13)21-3/h7-8,10-12,16H,4-6,9H2,1-3H3/b11-10-/t16-,17-/m0/s1. The Hall–Kier alpha value is -1.16. The molecule has 3 nitrogen and oxygen atoms in total. The summed E-state index contributed by atoms with van der Waals surface area (Å²) in [5.41, 5.74) is 1.17. The maximum atomic E-state index is 5.46. The highest BCUT2D eigenvalue weighted by Crippen LogP contribution is 2.46. The van der Waals surface area contributed by atoms with E-state index in [-0.39, 0.29) is 5.41 Å². The van der Waals surface area contributed by atoms with Gasteiger partial charge in [0.25, 0.3) is 0 Å². The predicted molar refractivity (Wildman–Crippen MR) is 88.6 cm³/mol. The molecule has 1 fully saturated rings. The first kappa shape index (κ1) is 16.2. The van der Waals surface area contributed by atoms with Crippen LogP contribution in [0.25, 0.3) is 0 Å². The van der Waals surface area contributed by atoms with Crippen LogP contribution in [0.4, 0.5) is 0 Å². The summed E-state index contributed by atoms with van der Waals surface area (Å²) < 4.78 is 16.0. The fraction of sp³-hybridized carbons (Fsp3) is 0.529. The van der Waals surface area contributed by atoms with E-state index >= 15 is 0 Å². The molecule has 116 valence electrons. The molecular weight excluding hydrogens is 332 g/mol. The third kappa shape index (κ3) is 3.20. The number of hydrogen-bond donors (Lipinski definition) is 0. The summed E-state index contributed by atoms with van der Waals surface area (Å²) in [6.07, 6.45) is 8.68. The van der Waals surface area contributed by atoms with Gasteiger partial charge in [-0.05, 0) is 36.6 Å². The van der Waals surface area contributed by atoms with E-state index < -0.39 is 0 Å². The Balaban J connectivity index is 2.48. The van der Waals surface area contributed by atoms with Gasteiger partial charge in [-0.2, -0.15) is 0 Å². The Morgan fingerprint density at radius 3 is 2.52 bits per heavy atom. The van der Waals surface area contributed by atoms with Crippen LogP contribution in [0.5, 0.6) is 11.5 Å². The molecule has 1 saturated carbocycles. The predicted octanol–water partition coefficient (Wildman–Crippen LogP) is 4.44. The normalized spacial score (nSPS) is 25.8. The minimum absolute atomic E-state index is 0.0617. The number of allylic oxidation sites excluding steroid dienone is 1. The smallest absolute Gasteiger partial charge is 0.161 e. The molecule has 21 heavy (non-hydrogen) atoms. The fourth-order valence-corrected chi connectivity index (χ4v) is 4.05. The highest BCUT2D eigenvalue weighted by atomic mass is 79.9. The second-order valence-electron chi connectivity index (χ2n) is 5.36. The third-order valence-corrected chi connectivity index (χ3v) is 5.55. The second-order valence-corrected chi connectivity index (χ2v) is 6.47. The zero-order valence-corrected chi connectivity index (χ0v) is 14.5. The zero-order chi connectivity index (χ0) is 15.3. The lowest BCUT2D eigenvalue weighted by Gasteiger charge is -2.40. The average Bonchev–Trinajstić information content (AvgIpc) is 2.53. The SMILES string of the molecule is CO/C=C\[C@]1(c2ccc(OC)c(OC)c2)CCCC[C@@H]1Br. The molecule has 1 aromatic carbocycles. The van der Waals surface area contributed by atoms with Gasteiger partial charge < -0.3 is 14.2 Å². The van der Waals surface area contributed by atoms with Crippen molar-refractivity contribution in [3.05, 3.63) is 36.1 Å². The van der Waals surface area contributed by atoms with Crippen LogP contribution in [0.2, 0.25) is 0 Å². The Kier molecular flexibility index (Phi) is 5.57. The van der Waals surface area contributed by atoms with Crippen molar-refractivity contribution >= 4 is 15.9 Å². The maximum absolute atomic E-state index is 5.46. The van der Waals surface area contributed by atoms with Crippen molar-refractivity contribution < 1.29 is 14.2 Å². The molecule has 2 rings (SSSR count). The number of alkyl halides is 1. The van der Waals surface area contributed by atoms with Gasteiger partial charge in [0.05, 0.1) is 27.6 Å². The molecule has 0 unspecified atom stereocenters. The van der Waals surface area contributed by atoms with Gasteiger partial charge in [0.15, 0.2) is 11.5 Å². The molecule has 4 heteroatoms. The number of hydrogen-bond acceptors (Lipinski definition) is 3. The summed E-state index contributed by atoms with van der Waals surface area (Å²) in [6.45, 7) is 0. The van der Waals surface area contributed by atoms with Crippen LogP contribution in [0.3, 0.4) is 0 Å². The molecule has 0 heterocycles. The average molecular weight is 355 g/mol. The van der Waals surface area contributed by atoms with Gasteiger partial charge >= 0.3 is 0 Å². The largest absolute Gasteiger partial charge is 0.505 e. The molecule has 0 bridgehead atoms. The molecule has 1 aromatic rings. The van der Waals surface area contributed by atoms with E-state index in [1.165, 1.54) is 18.4 Å². The molecule has 0 aromatic heterocycles. The zero-order valence-electron chi connectivity index (χ0n) is 12.9. The summed E-state index contributed by atoms with van der Waals surface area (Å²) in [5, 5.41) is 0. The topological polar surface area (TPSA) is 27.7 Å². The fourth-order valence-electron chi connectivity index (χ4n) is 3.08. The molecule has 1 aliphatic rings. The monoisotopic (exact) mass is 354 g/mol. The van der Waals surface area contributed by atoms with Gasteiger partial charge in [-0.25, -0.2) is 0 Å². The molecular formula is C17H23BrO3. The van der Waals surface area contributed by atoms with Gasteiger partial charge in [0, 0.05) is 10.2 Å². The van der Waals surface area contributed by atoms with Crippen molar-refractivity contribution in [2.45, 2.75) is 35.9 Å². The molecule has 2 atom stereocenters. The lowest BCUT2D eigenvalue weighted by Crippen LogP contribution is -2.37. The van der Waals surface area contributed by atoms with Gasteiger partial charge in [0.2, 0.25) is 0 Å². The Morgan fingerprint density at radius 1 is 1.14 bits per heavy atom. The number of halogens is 1. The van der Waals surface area contributed by atoms with Gasteiger partial charge in [-0.15, -0.1) is 0 Å². The summed E-state index contributed by atoms with van der Waals surface area (Å²) in [6, 6.07) is 6.18. The number of benzene rings is 1. The van der Waals surface area contributed by atoms with Gasteiger partial charge in [-0.1, -0.05) is 34.8 Å². The number of methoxy groups -OCH3 is 3. The van der Waals surface area contributed by atoms with E-state index in [0.29, 0.717) is 4.83 Å². The molecule has 0 spiro atoms. The summed E-state index contributed by atoms with van der Waals surface area (Å²) in [7, 11) is 5.02. The molecule has 0 amide bonds. The summed E-state index contributed by atoms with van der Waals surface area (Å²) in [4.78, 5) is 0.392. The van der Waals surface area contributed by atoms with E-state index in [9.17, 15) is 0 Å². The Labute approximate surface area is 135 Å². The lowest BCUT2D eigenvalue weighted by molar-refractivity contribution is 0.316. The number of ether oxygens (including phenoxy) is 3. The van der Waals surface area contributed by atoms with Crippen LogP contribution in [0, 0.1) is 0 Å². The van der Waals surface area contributed by atoms with Crippen LogP contribution >= 0.6 is 15.9 Å². The summed E-state index contributed by atoms with van der Waals surface area (Å²) in [5.74, 6) is 1.53. The Bertz CT molecular complexity index is 501. The third-order valence-electron chi connectivity index (χ3n) is 4.28. The first-order chi connectivity index (χ1) is 10.2. The minimum Gasteiger partial charge on any atom is -0.505 e. The Morgan fingerprint density at radius 2 is 1.90 bits per heavy atom. The van der Waals surface area contributed by atoms with Crippen molar-refractivity contribution in [1.29, 1.82) is 0 Å².